The summed E-state index contributed by atoms with van der Waals surface area (Å²) in [6.07, 6.45) is 0.0564. The first-order valence-electron chi connectivity index (χ1n) is 5.41. The first kappa shape index (κ1) is 11.5. The summed E-state index contributed by atoms with van der Waals surface area (Å²) in [5, 5.41) is 0. The summed E-state index contributed by atoms with van der Waals surface area (Å²) in [6, 6.07) is 5.97. The lowest BCUT2D eigenvalue weighted by Crippen LogP contribution is -2.41. The lowest BCUT2D eigenvalue weighted by Gasteiger charge is -2.31. The normalized spacial score (nSPS) is 20.2. The Morgan fingerprint density at radius 3 is 2.50 bits per heavy atom. The quantitative estimate of drug-likeness (QED) is 0.847. The average Bonchev–Trinajstić information content (AvgIpc) is 2.23. The first-order valence-corrected chi connectivity index (χ1v) is 5.41. The van der Waals surface area contributed by atoms with Crippen molar-refractivity contribution in [2.24, 2.45) is 5.73 Å². The molecule has 88 valence electrons. The maximum absolute atomic E-state index is 12.7. The van der Waals surface area contributed by atoms with Crippen LogP contribution >= 0.6 is 0 Å². The van der Waals surface area contributed by atoms with Crippen molar-refractivity contribution in [2.75, 3.05) is 13.2 Å². The number of halogens is 1. The second-order valence-electron chi connectivity index (χ2n) is 4.08. The van der Waals surface area contributed by atoms with Crippen LogP contribution in [0.3, 0.4) is 0 Å². The lowest BCUT2D eigenvalue weighted by atomic mass is 10.0. The molecule has 3 nitrogen and oxygen atoms in total. The van der Waals surface area contributed by atoms with Crippen LogP contribution in [0.15, 0.2) is 24.3 Å². The SMILES string of the molecule is CC(OC1COC1)C(N)c1ccc(F)cc1. The molecule has 4 heteroatoms. The van der Waals surface area contributed by atoms with Gasteiger partial charge in [0, 0.05) is 0 Å². The summed E-state index contributed by atoms with van der Waals surface area (Å²) in [4.78, 5) is 0. The molecule has 0 amide bonds. The Labute approximate surface area is 94.3 Å². The van der Waals surface area contributed by atoms with E-state index in [1.165, 1.54) is 12.1 Å². The van der Waals surface area contributed by atoms with Crippen LogP contribution in [-0.2, 0) is 9.47 Å². The number of nitrogens with two attached hydrogens (primary N) is 1. The Hall–Kier alpha value is -0.970. The van der Waals surface area contributed by atoms with Crippen LogP contribution in [0.4, 0.5) is 4.39 Å². The van der Waals surface area contributed by atoms with Crippen LogP contribution in [-0.4, -0.2) is 25.4 Å². The van der Waals surface area contributed by atoms with Crippen molar-refractivity contribution in [3.8, 4) is 0 Å². The molecular formula is C12H16FNO2. The maximum atomic E-state index is 12.7. The lowest BCUT2D eigenvalue weighted by molar-refractivity contribution is -0.155. The summed E-state index contributed by atoms with van der Waals surface area (Å²) in [6.45, 7) is 3.20. The minimum Gasteiger partial charge on any atom is -0.376 e. The molecule has 1 heterocycles. The van der Waals surface area contributed by atoms with Gasteiger partial charge in [-0.15, -0.1) is 0 Å². The molecule has 0 saturated carbocycles. The molecule has 2 rings (SSSR count). The van der Waals surface area contributed by atoms with Crippen molar-refractivity contribution >= 4 is 0 Å². The van der Waals surface area contributed by atoms with E-state index in [2.05, 4.69) is 0 Å². The summed E-state index contributed by atoms with van der Waals surface area (Å²) in [7, 11) is 0. The topological polar surface area (TPSA) is 44.5 Å². The van der Waals surface area contributed by atoms with E-state index in [0.29, 0.717) is 13.2 Å². The standard InChI is InChI=1S/C12H16FNO2/c1-8(16-11-6-15-7-11)12(14)9-2-4-10(13)5-3-9/h2-5,8,11-12H,6-7,14H2,1H3. The number of hydrogen-bond acceptors (Lipinski definition) is 3. The van der Waals surface area contributed by atoms with Gasteiger partial charge in [0.2, 0.25) is 0 Å². The second-order valence-corrected chi connectivity index (χ2v) is 4.08. The van der Waals surface area contributed by atoms with E-state index in [4.69, 9.17) is 15.2 Å². The fraction of sp³-hybridized carbons (Fsp3) is 0.500. The average molecular weight is 225 g/mol. The van der Waals surface area contributed by atoms with Crippen molar-refractivity contribution in [3.63, 3.8) is 0 Å². The van der Waals surface area contributed by atoms with E-state index in [9.17, 15) is 4.39 Å². The largest absolute Gasteiger partial charge is 0.376 e. The van der Waals surface area contributed by atoms with Crippen LogP contribution in [0, 0.1) is 5.82 Å². The van der Waals surface area contributed by atoms with Crippen LogP contribution in [0.5, 0.6) is 0 Å². The van der Waals surface area contributed by atoms with Gasteiger partial charge in [-0.2, -0.15) is 0 Å². The Balaban J connectivity index is 1.94. The zero-order valence-corrected chi connectivity index (χ0v) is 9.23. The molecule has 1 aliphatic rings. The van der Waals surface area contributed by atoms with Crippen molar-refractivity contribution in [3.05, 3.63) is 35.6 Å². The predicted molar refractivity (Wildman–Crippen MR) is 58.5 cm³/mol. The van der Waals surface area contributed by atoms with Gasteiger partial charge in [-0.3, -0.25) is 0 Å². The van der Waals surface area contributed by atoms with E-state index >= 15 is 0 Å². The fourth-order valence-corrected chi connectivity index (χ4v) is 1.64. The van der Waals surface area contributed by atoms with Crippen LogP contribution in [0.1, 0.15) is 18.5 Å². The molecule has 2 unspecified atom stereocenters. The highest BCUT2D eigenvalue weighted by Crippen LogP contribution is 2.20. The maximum Gasteiger partial charge on any atom is 0.123 e. The molecule has 1 aromatic carbocycles. The molecule has 0 aliphatic carbocycles. The Kier molecular flexibility index (Phi) is 3.53. The van der Waals surface area contributed by atoms with Gasteiger partial charge in [-0.05, 0) is 24.6 Å². The Bertz CT molecular complexity index is 337. The van der Waals surface area contributed by atoms with Gasteiger partial charge in [-0.25, -0.2) is 4.39 Å². The minimum atomic E-state index is -0.253. The third-order valence-corrected chi connectivity index (χ3v) is 2.78. The molecule has 2 N–H and O–H groups in total. The molecule has 1 aromatic rings. The summed E-state index contributed by atoms with van der Waals surface area (Å²) in [5.41, 5.74) is 6.91. The molecule has 2 atom stereocenters. The molecule has 16 heavy (non-hydrogen) atoms. The van der Waals surface area contributed by atoms with E-state index in [1.54, 1.807) is 12.1 Å². The first-order chi connectivity index (χ1) is 7.66. The number of rotatable bonds is 4. The molecule has 1 fully saturated rings. The number of hydrogen-bond donors (Lipinski definition) is 1. The zero-order chi connectivity index (χ0) is 11.5. The third kappa shape index (κ3) is 2.58. The number of ether oxygens (including phenoxy) is 2. The highest BCUT2D eigenvalue weighted by Gasteiger charge is 2.25. The third-order valence-electron chi connectivity index (χ3n) is 2.78. The molecule has 0 aromatic heterocycles. The zero-order valence-electron chi connectivity index (χ0n) is 9.23. The highest BCUT2D eigenvalue weighted by atomic mass is 19.1. The summed E-state index contributed by atoms with van der Waals surface area (Å²) in [5.74, 6) is -0.253. The van der Waals surface area contributed by atoms with Crippen LogP contribution < -0.4 is 5.73 Å². The molecule has 1 aliphatic heterocycles. The van der Waals surface area contributed by atoms with Crippen LogP contribution in [0.25, 0.3) is 0 Å². The van der Waals surface area contributed by atoms with E-state index in [-0.39, 0.29) is 24.1 Å². The van der Waals surface area contributed by atoms with Gasteiger partial charge >= 0.3 is 0 Å². The van der Waals surface area contributed by atoms with Gasteiger partial charge in [0.05, 0.1) is 25.4 Å². The minimum absolute atomic E-state index is 0.0978. The van der Waals surface area contributed by atoms with E-state index in [0.717, 1.165) is 5.56 Å². The predicted octanol–water partition coefficient (Wildman–Crippen LogP) is 1.63. The fourth-order valence-electron chi connectivity index (χ4n) is 1.64. The van der Waals surface area contributed by atoms with Gasteiger partial charge < -0.3 is 15.2 Å². The van der Waals surface area contributed by atoms with Gasteiger partial charge in [0.15, 0.2) is 0 Å². The summed E-state index contributed by atoms with van der Waals surface area (Å²) < 4.78 is 23.4. The van der Waals surface area contributed by atoms with E-state index in [1.807, 2.05) is 6.92 Å². The monoisotopic (exact) mass is 225 g/mol. The van der Waals surface area contributed by atoms with Gasteiger partial charge in [0.25, 0.3) is 0 Å². The highest BCUT2D eigenvalue weighted by molar-refractivity contribution is 5.20. The molecule has 0 bridgehead atoms. The molecule has 1 saturated heterocycles. The van der Waals surface area contributed by atoms with Crippen molar-refractivity contribution in [1.82, 2.24) is 0 Å². The summed E-state index contributed by atoms with van der Waals surface area (Å²) >= 11 is 0. The van der Waals surface area contributed by atoms with Gasteiger partial charge in [-0.1, -0.05) is 12.1 Å². The molecule has 0 spiro atoms. The van der Waals surface area contributed by atoms with Crippen molar-refractivity contribution in [1.29, 1.82) is 0 Å². The smallest absolute Gasteiger partial charge is 0.123 e. The van der Waals surface area contributed by atoms with Crippen molar-refractivity contribution < 1.29 is 13.9 Å². The van der Waals surface area contributed by atoms with E-state index < -0.39 is 0 Å². The number of benzene rings is 1. The van der Waals surface area contributed by atoms with Gasteiger partial charge in [0.1, 0.15) is 11.9 Å². The second kappa shape index (κ2) is 4.91. The molecule has 0 radical (unpaired) electrons. The molecular weight excluding hydrogens is 209 g/mol. The Morgan fingerprint density at radius 2 is 2.00 bits per heavy atom. The Morgan fingerprint density at radius 1 is 1.38 bits per heavy atom. The van der Waals surface area contributed by atoms with Crippen LogP contribution in [0.2, 0.25) is 0 Å². The van der Waals surface area contributed by atoms with Crippen molar-refractivity contribution in [2.45, 2.75) is 25.2 Å².